The monoisotopic (exact) mass is 480 g/mol. The highest BCUT2D eigenvalue weighted by atomic mass is 16.1. The molecule has 2 nitrogen and oxygen atoms in total. The molecule has 0 aliphatic heterocycles. The number of allylic oxidation sites excluding steroid dienone is 1. The molecule has 5 aromatic carbocycles. The van der Waals surface area contributed by atoms with E-state index in [0.717, 1.165) is 5.56 Å². The Morgan fingerprint density at radius 3 is 2.11 bits per heavy atom. The first-order chi connectivity index (χ1) is 18.2. The lowest BCUT2D eigenvalue weighted by Crippen LogP contribution is -2.20. The summed E-state index contributed by atoms with van der Waals surface area (Å²) in [5.74, 6) is -0.147. The molecule has 0 spiro atoms. The highest BCUT2D eigenvalue weighted by Crippen LogP contribution is 2.33. The van der Waals surface area contributed by atoms with Crippen molar-refractivity contribution in [1.29, 1.82) is 0 Å². The van der Waals surface area contributed by atoms with Crippen LogP contribution in [0.25, 0.3) is 21.5 Å². The van der Waals surface area contributed by atoms with Crippen molar-refractivity contribution in [3.8, 4) is 0 Å². The summed E-state index contributed by atoms with van der Waals surface area (Å²) in [5, 5.41) is 5.64. The molecule has 0 fully saturated rings. The Morgan fingerprint density at radius 2 is 1.30 bits per heavy atom. The van der Waals surface area contributed by atoms with Gasteiger partial charge >= 0.3 is 0 Å². The highest BCUT2D eigenvalue weighted by molar-refractivity contribution is 6.28. The van der Waals surface area contributed by atoms with Crippen molar-refractivity contribution in [2.45, 2.75) is 32.1 Å². The van der Waals surface area contributed by atoms with Crippen LogP contribution < -0.4 is 0 Å². The van der Waals surface area contributed by atoms with Crippen LogP contribution in [0.1, 0.15) is 61.4 Å². The molecule has 7 rings (SSSR count). The molecule has 0 heterocycles. The quantitative estimate of drug-likeness (QED) is 0.185. The maximum Gasteiger partial charge on any atom is 0.194 e. The van der Waals surface area contributed by atoms with Crippen LogP contribution in [-0.2, 0) is 19.3 Å². The van der Waals surface area contributed by atoms with Gasteiger partial charge < -0.3 is 0 Å². The van der Waals surface area contributed by atoms with E-state index < -0.39 is 0 Å². The predicted octanol–water partition coefficient (Wildman–Crippen LogP) is 8.06. The Hall–Kier alpha value is -4.30. The summed E-state index contributed by atoms with van der Waals surface area (Å²) in [7, 11) is 0. The molecule has 0 saturated heterocycles. The van der Waals surface area contributed by atoms with E-state index in [1.54, 1.807) is 53.6 Å². The number of aryl methyl sites for hydroxylation is 2. The molecule has 0 saturated carbocycles. The molecule has 2 heteroatoms. The van der Waals surface area contributed by atoms with Crippen LogP contribution >= 0.6 is 0 Å². The van der Waals surface area contributed by atoms with Crippen molar-refractivity contribution in [2.24, 2.45) is 0 Å². The Kier molecular flexibility index (Phi) is 6.02. The van der Waals surface area contributed by atoms with Gasteiger partial charge in [-0.05, 0) is 76.4 Å². The van der Waals surface area contributed by atoms with Gasteiger partial charge in [-0.25, -0.2) is 0 Å². The standard InChI is InChI=1S/C18H16.C17H12O2/c1-3-7-15-13(5-1)9-11-18-16-8-4-2-6-14(16)10-12-17(15)18;1-2-5-11-8-9-14-15(10-11)17(19)13-7-4-3-6-12(13)16(14)18/h1,3,5,7,9-12H,2,4,6,8H2;2-4,6-10H,1,5H2. The molecular weight excluding hydrogens is 452 g/mol. The van der Waals surface area contributed by atoms with Crippen LogP contribution in [0.2, 0.25) is 0 Å². The molecule has 0 atom stereocenters. The molecule has 0 bridgehead atoms. The minimum Gasteiger partial charge on any atom is -0.289 e. The van der Waals surface area contributed by atoms with Gasteiger partial charge in [0.2, 0.25) is 0 Å². The fourth-order valence-corrected chi connectivity index (χ4v) is 5.78. The summed E-state index contributed by atoms with van der Waals surface area (Å²) in [4.78, 5) is 24.8. The maximum absolute atomic E-state index is 12.4. The molecule has 2 aliphatic carbocycles. The Morgan fingerprint density at radius 1 is 0.622 bits per heavy atom. The molecular formula is C35H28O2. The van der Waals surface area contributed by atoms with Crippen molar-refractivity contribution in [3.05, 3.63) is 143 Å². The molecule has 37 heavy (non-hydrogen) atoms. The van der Waals surface area contributed by atoms with Crippen molar-refractivity contribution in [1.82, 2.24) is 0 Å². The van der Waals surface area contributed by atoms with Crippen LogP contribution in [0, 0.1) is 0 Å². The largest absolute Gasteiger partial charge is 0.289 e. The average Bonchev–Trinajstić information content (AvgIpc) is 2.96. The Labute approximate surface area is 217 Å². The van der Waals surface area contributed by atoms with Crippen LogP contribution in [0.5, 0.6) is 0 Å². The lowest BCUT2D eigenvalue weighted by Gasteiger charge is -2.18. The first kappa shape index (κ1) is 23.1. The van der Waals surface area contributed by atoms with Gasteiger partial charge in [0.25, 0.3) is 0 Å². The Bertz CT molecular complexity index is 1710. The summed E-state index contributed by atoms with van der Waals surface area (Å²) in [6.45, 7) is 3.69. The van der Waals surface area contributed by atoms with E-state index in [4.69, 9.17) is 0 Å². The van der Waals surface area contributed by atoms with Gasteiger partial charge in [-0.15, -0.1) is 6.58 Å². The van der Waals surface area contributed by atoms with Crippen LogP contribution in [0.15, 0.2) is 104 Å². The van der Waals surface area contributed by atoms with Gasteiger partial charge in [-0.1, -0.05) is 91.0 Å². The molecule has 0 unspecified atom stereocenters. The van der Waals surface area contributed by atoms with E-state index in [0.29, 0.717) is 28.7 Å². The van der Waals surface area contributed by atoms with Gasteiger partial charge in [0, 0.05) is 22.3 Å². The lowest BCUT2D eigenvalue weighted by molar-refractivity contribution is 0.0979. The number of benzene rings is 5. The summed E-state index contributed by atoms with van der Waals surface area (Å²) in [6.07, 6.45) is 7.69. The highest BCUT2D eigenvalue weighted by Gasteiger charge is 2.29. The number of hydrogen-bond donors (Lipinski definition) is 0. The van der Waals surface area contributed by atoms with E-state index >= 15 is 0 Å². The maximum atomic E-state index is 12.4. The molecule has 2 aliphatic rings. The molecule has 5 aromatic rings. The van der Waals surface area contributed by atoms with Gasteiger partial charge in [0.15, 0.2) is 11.6 Å². The molecule has 180 valence electrons. The topological polar surface area (TPSA) is 34.1 Å². The van der Waals surface area contributed by atoms with E-state index in [1.165, 1.54) is 47.2 Å². The summed E-state index contributed by atoms with van der Waals surface area (Å²) >= 11 is 0. The number of rotatable bonds is 2. The van der Waals surface area contributed by atoms with Crippen molar-refractivity contribution >= 4 is 33.1 Å². The molecule has 0 radical (unpaired) electrons. The SMILES string of the molecule is C=CCc1ccc2c(c1)C(=O)c1ccccc1C2=O.c1ccc2c(c1)ccc1c3c(ccc12)CCCC3. The van der Waals surface area contributed by atoms with Crippen molar-refractivity contribution < 1.29 is 9.59 Å². The fraction of sp³-hybridized carbons (Fsp3) is 0.143. The fourth-order valence-electron chi connectivity index (χ4n) is 5.78. The molecule has 0 N–H and O–H groups in total. The summed E-state index contributed by atoms with van der Waals surface area (Å²) in [5.41, 5.74) is 6.16. The zero-order chi connectivity index (χ0) is 25.4. The van der Waals surface area contributed by atoms with E-state index in [9.17, 15) is 9.59 Å². The molecule has 0 amide bonds. The van der Waals surface area contributed by atoms with Gasteiger partial charge in [-0.3, -0.25) is 9.59 Å². The normalized spacial score (nSPS) is 13.8. The zero-order valence-corrected chi connectivity index (χ0v) is 20.8. The second kappa shape index (κ2) is 9.63. The predicted molar refractivity (Wildman–Crippen MR) is 152 cm³/mol. The van der Waals surface area contributed by atoms with Gasteiger partial charge in [-0.2, -0.15) is 0 Å². The zero-order valence-electron chi connectivity index (χ0n) is 20.8. The summed E-state index contributed by atoms with van der Waals surface area (Å²) in [6, 6.07) is 30.4. The Balaban J connectivity index is 0.000000136. The number of carbonyl (C=O) groups is 2. The van der Waals surface area contributed by atoms with Gasteiger partial charge in [0.05, 0.1) is 0 Å². The first-order valence-electron chi connectivity index (χ1n) is 13.0. The number of ketones is 2. The van der Waals surface area contributed by atoms with Crippen LogP contribution in [-0.4, -0.2) is 11.6 Å². The van der Waals surface area contributed by atoms with Crippen molar-refractivity contribution in [2.75, 3.05) is 0 Å². The van der Waals surface area contributed by atoms with E-state index in [-0.39, 0.29) is 11.6 Å². The third-order valence-corrected chi connectivity index (χ3v) is 7.63. The lowest BCUT2D eigenvalue weighted by atomic mass is 9.83. The number of carbonyl (C=O) groups excluding carboxylic acids is 2. The smallest absolute Gasteiger partial charge is 0.194 e. The minimum absolute atomic E-state index is 0.0730. The van der Waals surface area contributed by atoms with Crippen LogP contribution in [0.4, 0.5) is 0 Å². The van der Waals surface area contributed by atoms with E-state index in [2.05, 4.69) is 55.1 Å². The van der Waals surface area contributed by atoms with Crippen LogP contribution in [0.3, 0.4) is 0 Å². The third kappa shape index (κ3) is 4.09. The molecule has 0 aromatic heterocycles. The second-order valence-corrected chi connectivity index (χ2v) is 9.87. The third-order valence-electron chi connectivity index (χ3n) is 7.63. The number of fused-ring (bicyclic) bond motifs is 7. The average molecular weight is 481 g/mol. The second-order valence-electron chi connectivity index (χ2n) is 9.87. The number of hydrogen-bond acceptors (Lipinski definition) is 2. The van der Waals surface area contributed by atoms with Crippen molar-refractivity contribution in [3.63, 3.8) is 0 Å². The van der Waals surface area contributed by atoms with Gasteiger partial charge in [0.1, 0.15) is 0 Å². The van der Waals surface area contributed by atoms with E-state index in [1.807, 2.05) is 6.07 Å². The summed E-state index contributed by atoms with van der Waals surface area (Å²) < 4.78 is 0. The minimum atomic E-state index is -0.0737. The first-order valence-corrected chi connectivity index (χ1v) is 13.0.